The van der Waals surface area contributed by atoms with Gasteiger partial charge in [-0.3, -0.25) is 4.79 Å². The van der Waals surface area contributed by atoms with Gasteiger partial charge in [-0.1, -0.05) is 37.5 Å². The third-order valence-electron chi connectivity index (χ3n) is 4.32. The zero-order chi connectivity index (χ0) is 13.9. The maximum absolute atomic E-state index is 12.4. The van der Waals surface area contributed by atoms with Gasteiger partial charge >= 0.3 is 0 Å². The molecule has 0 aromatic heterocycles. The second-order valence-corrected chi connectivity index (χ2v) is 5.72. The Balaban J connectivity index is 1.68. The van der Waals surface area contributed by atoms with E-state index in [1.54, 1.807) is 0 Å². The quantitative estimate of drug-likeness (QED) is 0.811. The summed E-state index contributed by atoms with van der Waals surface area (Å²) < 4.78 is 5.55. The highest BCUT2D eigenvalue weighted by atomic mass is 16.5. The average molecular weight is 275 g/mol. The Hall–Kier alpha value is -1.55. The molecule has 1 aromatic carbocycles. The second-order valence-electron chi connectivity index (χ2n) is 5.72. The van der Waals surface area contributed by atoms with Crippen molar-refractivity contribution >= 4 is 5.91 Å². The first kappa shape index (κ1) is 13.4. The first-order chi connectivity index (χ1) is 9.75. The van der Waals surface area contributed by atoms with Crippen LogP contribution in [0.1, 0.15) is 43.6 Å². The summed E-state index contributed by atoms with van der Waals surface area (Å²) in [6, 6.07) is 7.56. The summed E-state index contributed by atoms with van der Waals surface area (Å²) in [5.41, 5.74) is 0.952. The fraction of sp³-hybridized carbons (Fsp3) is 0.562. The minimum Gasteiger partial charge on any atom is -0.492 e. The van der Waals surface area contributed by atoms with Crippen LogP contribution in [0.4, 0.5) is 0 Å². The van der Waals surface area contributed by atoms with E-state index in [1.807, 2.05) is 24.3 Å². The van der Waals surface area contributed by atoms with Gasteiger partial charge < -0.3 is 15.2 Å². The van der Waals surface area contributed by atoms with Gasteiger partial charge in [-0.2, -0.15) is 0 Å². The molecule has 1 aliphatic heterocycles. The maximum atomic E-state index is 12.4. The van der Waals surface area contributed by atoms with Gasteiger partial charge in [0.15, 0.2) is 0 Å². The Morgan fingerprint density at radius 1 is 1.20 bits per heavy atom. The first-order valence-electron chi connectivity index (χ1n) is 7.46. The molecule has 1 saturated carbocycles. The number of hydrogen-bond acceptors (Lipinski definition) is 3. The van der Waals surface area contributed by atoms with E-state index < -0.39 is 6.10 Å². The molecule has 4 heteroatoms. The van der Waals surface area contributed by atoms with Gasteiger partial charge in [0.25, 0.3) is 0 Å². The van der Waals surface area contributed by atoms with E-state index in [-0.39, 0.29) is 17.9 Å². The van der Waals surface area contributed by atoms with Gasteiger partial charge in [0.2, 0.25) is 5.91 Å². The van der Waals surface area contributed by atoms with Gasteiger partial charge in [0.1, 0.15) is 18.3 Å². The number of hydrogen-bond donors (Lipinski definition) is 2. The molecule has 0 radical (unpaired) electrons. The Labute approximate surface area is 119 Å². The summed E-state index contributed by atoms with van der Waals surface area (Å²) >= 11 is 0. The van der Waals surface area contributed by atoms with Crippen molar-refractivity contribution in [2.24, 2.45) is 0 Å². The minimum absolute atomic E-state index is 0.0269. The van der Waals surface area contributed by atoms with E-state index >= 15 is 0 Å². The molecular formula is C16H21NO3. The van der Waals surface area contributed by atoms with E-state index in [0.29, 0.717) is 6.61 Å². The lowest BCUT2D eigenvalue weighted by atomic mass is 9.98. The van der Waals surface area contributed by atoms with Gasteiger partial charge in [0, 0.05) is 5.56 Å². The molecule has 1 heterocycles. The summed E-state index contributed by atoms with van der Waals surface area (Å²) in [6.07, 6.45) is 4.48. The number of para-hydroxylation sites is 1. The molecule has 108 valence electrons. The summed E-state index contributed by atoms with van der Waals surface area (Å²) in [4.78, 5) is 12.4. The first-order valence-corrected chi connectivity index (χ1v) is 7.46. The molecule has 1 amide bonds. The van der Waals surface area contributed by atoms with Crippen molar-refractivity contribution in [3.63, 3.8) is 0 Å². The predicted octanol–water partition coefficient (Wildman–Crippen LogP) is 1.97. The lowest BCUT2D eigenvalue weighted by Gasteiger charge is -2.23. The number of ether oxygens (including phenoxy) is 1. The average Bonchev–Trinajstić information content (AvgIpc) is 2.79. The molecule has 2 N–H and O–H groups in total. The highest BCUT2D eigenvalue weighted by Gasteiger charge is 2.32. The summed E-state index contributed by atoms with van der Waals surface area (Å²) in [5.74, 6) is 0.525. The molecule has 1 aliphatic carbocycles. The van der Waals surface area contributed by atoms with E-state index in [9.17, 15) is 9.90 Å². The largest absolute Gasteiger partial charge is 0.492 e. The van der Waals surface area contributed by atoms with E-state index in [1.165, 1.54) is 0 Å². The lowest BCUT2D eigenvalue weighted by Crippen LogP contribution is -2.44. The summed E-state index contributed by atoms with van der Waals surface area (Å²) in [5, 5.41) is 13.1. The van der Waals surface area contributed by atoms with Crippen molar-refractivity contribution in [2.45, 2.75) is 50.2 Å². The highest BCUT2D eigenvalue weighted by molar-refractivity contribution is 5.85. The Morgan fingerprint density at radius 3 is 2.90 bits per heavy atom. The van der Waals surface area contributed by atoms with Crippen LogP contribution in [0.3, 0.4) is 0 Å². The van der Waals surface area contributed by atoms with Crippen molar-refractivity contribution in [1.29, 1.82) is 0 Å². The number of carbonyl (C=O) groups excluding carboxylic acids is 1. The van der Waals surface area contributed by atoms with Crippen molar-refractivity contribution in [1.82, 2.24) is 5.32 Å². The number of aliphatic hydroxyl groups is 1. The van der Waals surface area contributed by atoms with Gasteiger partial charge in [-0.15, -0.1) is 0 Å². The number of aliphatic hydroxyl groups excluding tert-OH is 1. The fourth-order valence-electron chi connectivity index (χ4n) is 3.12. The molecule has 4 nitrogen and oxygen atoms in total. The van der Waals surface area contributed by atoms with Crippen LogP contribution >= 0.6 is 0 Å². The number of fused-ring (bicyclic) bond motifs is 1. The fourth-order valence-corrected chi connectivity index (χ4v) is 3.12. The van der Waals surface area contributed by atoms with Gasteiger partial charge in [-0.25, -0.2) is 0 Å². The van der Waals surface area contributed by atoms with Crippen molar-refractivity contribution in [3.05, 3.63) is 29.8 Å². The van der Waals surface area contributed by atoms with Gasteiger partial charge in [0.05, 0.1) is 12.1 Å². The Kier molecular flexibility index (Phi) is 3.92. The zero-order valence-electron chi connectivity index (χ0n) is 11.5. The topological polar surface area (TPSA) is 58.6 Å². The summed E-state index contributed by atoms with van der Waals surface area (Å²) in [7, 11) is 0. The van der Waals surface area contributed by atoms with Crippen LogP contribution in [0.5, 0.6) is 5.75 Å². The molecule has 0 saturated heterocycles. The molecule has 0 bridgehead atoms. The second kappa shape index (κ2) is 5.83. The molecule has 0 spiro atoms. The molecule has 3 unspecified atom stereocenters. The number of rotatable bonds is 2. The number of carbonyl (C=O) groups is 1. The predicted molar refractivity (Wildman–Crippen MR) is 75.7 cm³/mol. The van der Waals surface area contributed by atoms with Crippen LogP contribution in [-0.2, 0) is 4.79 Å². The Bertz CT molecular complexity index is 488. The van der Waals surface area contributed by atoms with Crippen molar-refractivity contribution in [3.8, 4) is 5.75 Å². The zero-order valence-corrected chi connectivity index (χ0v) is 11.5. The summed E-state index contributed by atoms with van der Waals surface area (Å²) in [6.45, 7) is 0.397. The maximum Gasteiger partial charge on any atom is 0.231 e. The van der Waals surface area contributed by atoms with Crippen LogP contribution in [0.15, 0.2) is 24.3 Å². The molecule has 20 heavy (non-hydrogen) atoms. The van der Waals surface area contributed by atoms with Crippen molar-refractivity contribution < 1.29 is 14.6 Å². The highest BCUT2D eigenvalue weighted by Crippen LogP contribution is 2.33. The molecule has 1 aromatic rings. The molecule has 3 rings (SSSR count). The van der Waals surface area contributed by atoms with E-state index in [0.717, 1.165) is 43.4 Å². The van der Waals surface area contributed by atoms with Crippen molar-refractivity contribution in [2.75, 3.05) is 6.61 Å². The monoisotopic (exact) mass is 275 g/mol. The van der Waals surface area contributed by atoms with Crippen LogP contribution in [0.25, 0.3) is 0 Å². The number of amides is 1. The van der Waals surface area contributed by atoms with Crippen LogP contribution in [0, 0.1) is 0 Å². The molecular weight excluding hydrogens is 254 g/mol. The molecule has 1 fully saturated rings. The molecule has 2 aliphatic rings. The molecule has 3 atom stereocenters. The van der Waals surface area contributed by atoms with E-state index in [4.69, 9.17) is 4.74 Å². The standard InChI is InChI=1S/C16H21NO3/c18-14-8-3-1-2-7-13(14)17-16(19)12-10-20-15-9-5-4-6-11(12)15/h4-6,9,12-14,18H,1-3,7-8,10H2,(H,17,19). The smallest absolute Gasteiger partial charge is 0.231 e. The number of benzene rings is 1. The van der Waals surface area contributed by atoms with E-state index in [2.05, 4.69) is 5.32 Å². The lowest BCUT2D eigenvalue weighted by molar-refractivity contribution is -0.124. The van der Waals surface area contributed by atoms with Crippen LogP contribution < -0.4 is 10.1 Å². The van der Waals surface area contributed by atoms with Crippen LogP contribution in [0.2, 0.25) is 0 Å². The number of nitrogens with one attached hydrogen (secondary N) is 1. The van der Waals surface area contributed by atoms with Gasteiger partial charge in [-0.05, 0) is 18.9 Å². The van der Waals surface area contributed by atoms with Crippen LogP contribution in [-0.4, -0.2) is 29.8 Å². The third kappa shape index (κ3) is 2.66. The Morgan fingerprint density at radius 2 is 2.00 bits per heavy atom. The normalized spacial score (nSPS) is 29.1. The minimum atomic E-state index is -0.418. The SMILES string of the molecule is O=C(NC1CCCCCC1O)C1COc2ccccc21. The third-order valence-corrected chi connectivity index (χ3v) is 4.32.